The molecule has 2 aromatic rings. The largest absolute Gasteiger partial charge is 0.491 e. The number of aryl methyl sites for hydroxylation is 1. The molecule has 5 heteroatoms. The van der Waals surface area contributed by atoms with Gasteiger partial charge in [0.15, 0.2) is 0 Å². The minimum absolute atomic E-state index is 0.268. The predicted molar refractivity (Wildman–Crippen MR) is 85.7 cm³/mol. The molecule has 1 aliphatic heterocycles. The molecule has 0 saturated carbocycles. The Morgan fingerprint density at radius 1 is 1.35 bits per heavy atom. The fraction of sp³-hybridized carbons (Fsp3) is 0.389. The van der Waals surface area contributed by atoms with E-state index >= 15 is 0 Å². The van der Waals surface area contributed by atoms with Crippen LogP contribution in [0.5, 0.6) is 5.75 Å². The second-order valence-corrected chi connectivity index (χ2v) is 6.26. The van der Waals surface area contributed by atoms with Gasteiger partial charge in [-0.1, -0.05) is 12.1 Å². The zero-order chi connectivity index (χ0) is 16.3. The van der Waals surface area contributed by atoms with Crippen molar-refractivity contribution in [2.24, 2.45) is 0 Å². The van der Waals surface area contributed by atoms with Gasteiger partial charge in [0.1, 0.15) is 23.8 Å². The summed E-state index contributed by atoms with van der Waals surface area (Å²) in [6.07, 6.45) is 1.87. The molecule has 0 unspecified atom stereocenters. The summed E-state index contributed by atoms with van der Waals surface area (Å²) in [6, 6.07) is 10.9. The summed E-state index contributed by atoms with van der Waals surface area (Å²) in [5, 5.41) is 10.7. The molecule has 1 saturated heterocycles. The van der Waals surface area contributed by atoms with Gasteiger partial charge < -0.3 is 9.84 Å². The molecule has 0 radical (unpaired) electrons. The number of hydrogen-bond donors (Lipinski definition) is 1. The van der Waals surface area contributed by atoms with E-state index in [0.29, 0.717) is 19.5 Å². The number of β-amino-alcohol motifs (C(OH)–C–C–N with tert-alkyl or cyclic N) is 1. The number of hydrogen-bond acceptors (Lipinski definition) is 4. The molecule has 1 aromatic carbocycles. The van der Waals surface area contributed by atoms with Gasteiger partial charge in [-0.25, -0.2) is 4.39 Å². The minimum atomic E-state index is -0.857. The third-order valence-corrected chi connectivity index (χ3v) is 4.08. The predicted octanol–water partition coefficient (Wildman–Crippen LogP) is 2.54. The molecule has 3 rings (SSSR count). The zero-order valence-electron chi connectivity index (χ0n) is 13.2. The summed E-state index contributed by atoms with van der Waals surface area (Å²) in [5.41, 5.74) is 1.07. The molecular formula is C18H21FN2O2. The standard InChI is InChI=1S/C18H21FN2O2/c1-14-3-2-4-17(9-14)23-13-18(22)7-8-21(12-18)11-16-6-5-15(19)10-20-16/h2-6,9-10,22H,7-8,11-13H2,1H3/t18-/m1/s1. The highest BCUT2D eigenvalue weighted by Gasteiger charge is 2.36. The van der Waals surface area contributed by atoms with Gasteiger partial charge in [0.05, 0.1) is 11.9 Å². The van der Waals surface area contributed by atoms with Gasteiger partial charge in [0.25, 0.3) is 0 Å². The Morgan fingerprint density at radius 2 is 2.22 bits per heavy atom. The van der Waals surface area contributed by atoms with Gasteiger partial charge in [-0.05, 0) is 43.2 Å². The van der Waals surface area contributed by atoms with Gasteiger partial charge in [0.2, 0.25) is 0 Å². The van der Waals surface area contributed by atoms with Crippen LogP contribution in [-0.2, 0) is 6.54 Å². The fourth-order valence-electron chi connectivity index (χ4n) is 2.85. The number of likely N-dealkylation sites (tertiary alicyclic amines) is 1. The van der Waals surface area contributed by atoms with E-state index in [-0.39, 0.29) is 12.4 Å². The Morgan fingerprint density at radius 3 is 2.96 bits per heavy atom. The Kier molecular flexibility index (Phi) is 4.59. The molecule has 1 aromatic heterocycles. The van der Waals surface area contributed by atoms with E-state index in [4.69, 9.17) is 4.74 Å². The smallest absolute Gasteiger partial charge is 0.141 e. The number of aliphatic hydroxyl groups is 1. The van der Waals surface area contributed by atoms with Gasteiger partial charge in [-0.15, -0.1) is 0 Å². The van der Waals surface area contributed by atoms with E-state index in [9.17, 15) is 9.50 Å². The van der Waals surface area contributed by atoms with Crippen LogP contribution in [-0.4, -0.2) is 40.3 Å². The maximum atomic E-state index is 12.9. The summed E-state index contributed by atoms with van der Waals surface area (Å²) in [6.45, 7) is 4.18. The summed E-state index contributed by atoms with van der Waals surface area (Å²) < 4.78 is 18.6. The number of pyridine rings is 1. The van der Waals surface area contributed by atoms with Crippen molar-refractivity contribution in [1.29, 1.82) is 0 Å². The Bertz CT molecular complexity index is 662. The average molecular weight is 316 g/mol. The lowest BCUT2D eigenvalue weighted by atomic mass is 10.1. The number of ether oxygens (including phenoxy) is 1. The number of nitrogens with zero attached hydrogens (tertiary/aromatic N) is 2. The number of aromatic nitrogens is 1. The third-order valence-electron chi connectivity index (χ3n) is 4.08. The molecule has 1 fully saturated rings. The van der Waals surface area contributed by atoms with Crippen molar-refractivity contribution in [3.63, 3.8) is 0 Å². The van der Waals surface area contributed by atoms with E-state index in [1.165, 1.54) is 12.3 Å². The first-order valence-electron chi connectivity index (χ1n) is 7.77. The maximum absolute atomic E-state index is 12.9. The number of benzene rings is 1. The molecule has 1 N–H and O–H groups in total. The molecule has 4 nitrogen and oxygen atoms in total. The molecule has 1 atom stereocenters. The van der Waals surface area contributed by atoms with Gasteiger partial charge in [-0.2, -0.15) is 0 Å². The summed E-state index contributed by atoms with van der Waals surface area (Å²) in [4.78, 5) is 6.17. The highest BCUT2D eigenvalue weighted by atomic mass is 19.1. The Balaban J connectivity index is 1.54. The van der Waals surface area contributed by atoms with E-state index in [0.717, 1.165) is 23.6 Å². The van der Waals surface area contributed by atoms with Crippen LogP contribution in [0.1, 0.15) is 17.7 Å². The Hall–Kier alpha value is -1.98. The van der Waals surface area contributed by atoms with Crippen LogP contribution >= 0.6 is 0 Å². The molecule has 0 bridgehead atoms. The summed E-state index contributed by atoms with van der Waals surface area (Å²) in [5.74, 6) is 0.440. The molecule has 23 heavy (non-hydrogen) atoms. The third kappa shape index (κ3) is 4.27. The van der Waals surface area contributed by atoms with Crippen molar-refractivity contribution >= 4 is 0 Å². The molecule has 2 heterocycles. The number of rotatable bonds is 5. The number of halogens is 1. The highest BCUT2D eigenvalue weighted by Crippen LogP contribution is 2.24. The average Bonchev–Trinajstić information content (AvgIpc) is 2.90. The molecular weight excluding hydrogens is 295 g/mol. The quantitative estimate of drug-likeness (QED) is 0.921. The lowest BCUT2D eigenvalue weighted by Crippen LogP contribution is -2.39. The molecule has 0 spiro atoms. The fourth-order valence-corrected chi connectivity index (χ4v) is 2.85. The monoisotopic (exact) mass is 316 g/mol. The minimum Gasteiger partial charge on any atom is -0.491 e. The first kappa shape index (κ1) is 15.9. The van der Waals surface area contributed by atoms with E-state index in [1.54, 1.807) is 6.07 Å². The first-order chi connectivity index (χ1) is 11.0. The van der Waals surface area contributed by atoms with Crippen LogP contribution in [0.15, 0.2) is 42.6 Å². The summed E-state index contributed by atoms with van der Waals surface area (Å²) in [7, 11) is 0. The van der Waals surface area contributed by atoms with E-state index in [1.807, 2.05) is 31.2 Å². The molecule has 0 aliphatic carbocycles. The van der Waals surface area contributed by atoms with E-state index < -0.39 is 5.60 Å². The Labute approximate surface area is 135 Å². The first-order valence-corrected chi connectivity index (χ1v) is 7.77. The van der Waals surface area contributed by atoms with Crippen molar-refractivity contribution in [3.05, 3.63) is 59.7 Å². The van der Waals surface area contributed by atoms with Gasteiger partial charge >= 0.3 is 0 Å². The topological polar surface area (TPSA) is 45.6 Å². The van der Waals surface area contributed by atoms with Crippen LogP contribution in [0.2, 0.25) is 0 Å². The van der Waals surface area contributed by atoms with Crippen LogP contribution in [0.4, 0.5) is 4.39 Å². The lowest BCUT2D eigenvalue weighted by molar-refractivity contribution is 0.00328. The highest BCUT2D eigenvalue weighted by molar-refractivity contribution is 5.27. The molecule has 1 aliphatic rings. The van der Waals surface area contributed by atoms with Crippen LogP contribution in [0.3, 0.4) is 0 Å². The van der Waals surface area contributed by atoms with Crippen molar-refractivity contribution in [2.75, 3.05) is 19.7 Å². The van der Waals surface area contributed by atoms with Crippen LogP contribution < -0.4 is 4.74 Å². The van der Waals surface area contributed by atoms with Crippen LogP contribution in [0.25, 0.3) is 0 Å². The van der Waals surface area contributed by atoms with Crippen molar-refractivity contribution in [2.45, 2.75) is 25.5 Å². The van der Waals surface area contributed by atoms with Crippen molar-refractivity contribution in [3.8, 4) is 5.75 Å². The van der Waals surface area contributed by atoms with Crippen molar-refractivity contribution in [1.82, 2.24) is 9.88 Å². The lowest BCUT2D eigenvalue weighted by Gasteiger charge is -2.23. The van der Waals surface area contributed by atoms with Crippen molar-refractivity contribution < 1.29 is 14.2 Å². The van der Waals surface area contributed by atoms with Gasteiger partial charge in [-0.3, -0.25) is 9.88 Å². The van der Waals surface area contributed by atoms with E-state index in [2.05, 4.69) is 9.88 Å². The second kappa shape index (κ2) is 6.64. The zero-order valence-corrected chi connectivity index (χ0v) is 13.2. The summed E-state index contributed by atoms with van der Waals surface area (Å²) >= 11 is 0. The maximum Gasteiger partial charge on any atom is 0.141 e. The normalized spacial score (nSPS) is 21.5. The molecule has 0 amide bonds. The van der Waals surface area contributed by atoms with Gasteiger partial charge in [0, 0.05) is 19.6 Å². The van der Waals surface area contributed by atoms with Crippen LogP contribution in [0, 0.1) is 12.7 Å². The second-order valence-electron chi connectivity index (χ2n) is 6.26. The molecule has 122 valence electrons. The SMILES string of the molecule is Cc1cccc(OC[C@@]2(O)CCN(Cc3ccc(F)cn3)C2)c1.